The molecule has 1 amide bonds. The molecule has 1 aliphatic rings. The number of carbonyl (C=O) groups excluding carboxylic acids is 1. The second-order valence-corrected chi connectivity index (χ2v) is 4.07. The predicted molar refractivity (Wildman–Crippen MR) is 61.6 cm³/mol. The van der Waals surface area contributed by atoms with Gasteiger partial charge < -0.3 is 4.90 Å². The van der Waals surface area contributed by atoms with E-state index in [1.165, 1.54) is 18.2 Å². The molecular formula is C11H11F2N3O3. The first-order valence-electron chi connectivity index (χ1n) is 5.54. The lowest BCUT2D eigenvalue weighted by atomic mass is 10.1. The van der Waals surface area contributed by atoms with E-state index >= 15 is 0 Å². The number of alkyl halides is 2. The van der Waals surface area contributed by atoms with E-state index in [1.54, 1.807) is 6.07 Å². The van der Waals surface area contributed by atoms with Gasteiger partial charge in [-0.3, -0.25) is 20.2 Å². The van der Waals surface area contributed by atoms with Crippen molar-refractivity contribution >= 4 is 11.6 Å². The Balaban J connectivity index is 2.27. The van der Waals surface area contributed by atoms with Crippen molar-refractivity contribution < 1.29 is 18.5 Å². The highest BCUT2D eigenvalue weighted by Crippen LogP contribution is 2.26. The quantitative estimate of drug-likeness (QED) is 0.661. The molecule has 0 aromatic heterocycles. The van der Waals surface area contributed by atoms with Crippen molar-refractivity contribution in [3.05, 3.63) is 39.9 Å². The normalized spacial score (nSPS) is 19.2. The number of hydrogen-bond donors (Lipinski definition) is 1. The number of non-ortho nitro benzene ring substituents is 1. The van der Waals surface area contributed by atoms with Crippen molar-refractivity contribution in [1.82, 2.24) is 10.2 Å². The fourth-order valence-corrected chi connectivity index (χ4v) is 2.00. The van der Waals surface area contributed by atoms with E-state index in [0.717, 1.165) is 4.90 Å². The smallest absolute Gasteiger partial charge is 0.269 e. The summed E-state index contributed by atoms with van der Waals surface area (Å²) in [5.41, 5.74) is 0.274. The van der Waals surface area contributed by atoms with Crippen molar-refractivity contribution in [2.24, 2.45) is 0 Å². The van der Waals surface area contributed by atoms with Gasteiger partial charge in [0.2, 0.25) is 5.91 Å². The first-order chi connectivity index (χ1) is 8.99. The molecule has 0 radical (unpaired) electrons. The third kappa shape index (κ3) is 2.84. The summed E-state index contributed by atoms with van der Waals surface area (Å²) < 4.78 is 24.9. The molecule has 0 saturated carbocycles. The van der Waals surface area contributed by atoms with E-state index in [2.05, 4.69) is 5.32 Å². The molecule has 1 unspecified atom stereocenters. The van der Waals surface area contributed by atoms with Crippen LogP contribution < -0.4 is 5.32 Å². The van der Waals surface area contributed by atoms with Crippen LogP contribution in [0.3, 0.4) is 0 Å². The van der Waals surface area contributed by atoms with Gasteiger partial charge in [-0.05, 0) is 5.56 Å². The standard InChI is InChI=1S/C11H11F2N3O3/c12-9(13)6-15-10(17)5-14-11(15)7-2-1-3-8(4-7)16(18)19/h1-4,9,11,14H,5-6H2. The zero-order chi connectivity index (χ0) is 14.0. The van der Waals surface area contributed by atoms with Crippen molar-refractivity contribution in [2.45, 2.75) is 12.6 Å². The van der Waals surface area contributed by atoms with Crippen LogP contribution in [0, 0.1) is 10.1 Å². The van der Waals surface area contributed by atoms with Crippen LogP contribution in [0.15, 0.2) is 24.3 Å². The summed E-state index contributed by atoms with van der Waals surface area (Å²) in [7, 11) is 0. The Morgan fingerprint density at radius 1 is 1.53 bits per heavy atom. The first-order valence-corrected chi connectivity index (χ1v) is 5.54. The van der Waals surface area contributed by atoms with Crippen molar-refractivity contribution in [3.63, 3.8) is 0 Å². The van der Waals surface area contributed by atoms with E-state index in [-0.39, 0.29) is 12.2 Å². The maximum atomic E-state index is 12.4. The molecule has 102 valence electrons. The van der Waals surface area contributed by atoms with E-state index in [4.69, 9.17) is 0 Å². The van der Waals surface area contributed by atoms with Gasteiger partial charge in [-0.2, -0.15) is 0 Å². The highest BCUT2D eigenvalue weighted by atomic mass is 19.3. The van der Waals surface area contributed by atoms with Crippen LogP contribution in [-0.2, 0) is 4.79 Å². The van der Waals surface area contributed by atoms with Crippen LogP contribution in [-0.4, -0.2) is 35.2 Å². The minimum atomic E-state index is -2.65. The van der Waals surface area contributed by atoms with Gasteiger partial charge in [-0.1, -0.05) is 12.1 Å². The molecule has 1 fully saturated rings. The van der Waals surface area contributed by atoms with Gasteiger partial charge in [0.1, 0.15) is 6.17 Å². The second-order valence-electron chi connectivity index (χ2n) is 4.07. The van der Waals surface area contributed by atoms with Gasteiger partial charge in [-0.15, -0.1) is 0 Å². The lowest BCUT2D eigenvalue weighted by Crippen LogP contribution is -2.34. The van der Waals surface area contributed by atoms with Crippen LogP contribution in [0.2, 0.25) is 0 Å². The monoisotopic (exact) mass is 271 g/mol. The van der Waals surface area contributed by atoms with E-state index < -0.39 is 30.0 Å². The van der Waals surface area contributed by atoms with Gasteiger partial charge in [0.05, 0.1) is 18.0 Å². The SMILES string of the molecule is O=C1CNC(c2cccc([N+](=O)[O-])c2)N1CC(F)F. The molecule has 1 aromatic carbocycles. The highest BCUT2D eigenvalue weighted by molar-refractivity contribution is 5.81. The molecule has 1 atom stereocenters. The Morgan fingerprint density at radius 2 is 2.26 bits per heavy atom. The number of amides is 1. The predicted octanol–water partition coefficient (Wildman–Crippen LogP) is 1.29. The molecule has 0 spiro atoms. The Bertz CT molecular complexity index is 510. The summed E-state index contributed by atoms with van der Waals surface area (Å²) >= 11 is 0. The Hall–Kier alpha value is -2.09. The van der Waals surface area contributed by atoms with E-state index in [1.807, 2.05) is 0 Å². The molecule has 1 aliphatic heterocycles. The fraction of sp³-hybridized carbons (Fsp3) is 0.364. The summed E-state index contributed by atoms with van der Waals surface area (Å²) in [5.74, 6) is -0.447. The lowest BCUT2D eigenvalue weighted by molar-refractivity contribution is -0.385. The summed E-state index contributed by atoms with van der Waals surface area (Å²) in [5, 5.41) is 13.4. The van der Waals surface area contributed by atoms with Crippen LogP contribution in [0.25, 0.3) is 0 Å². The number of nitro groups is 1. The molecule has 0 aliphatic carbocycles. The number of halogens is 2. The molecule has 19 heavy (non-hydrogen) atoms. The molecule has 2 rings (SSSR count). The van der Waals surface area contributed by atoms with Crippen LogP contribution in [0.1, 0.15) is 11.7 Å². The highest BCUT2D eigenvalue weighted by Gasteiger charge is 2.33. The Morgan fingerprint density at radius 3 is 2.89 bits per heavy atom. The summed E-state index contributed by atoms with van der Waals surface area (Å²) in [6, 6.07) is 5.59. The van der Waals surface area contributed by atoms with Gasteiger partial charge >= 0.3 is 0 Å². The second kappa shape index (κ2) is 5.27. The lowest BCUT2D eigenvalue weighted by Gasteiger charge is -2.24. The van der Waals surface area contributed by atoms with Crippen LogP contribution in [0.5, 0.6) is 0 Å². The summed E-state index contributed by atoms with van der Waals surface area (Å²) in [4.78, 5) is 22.6. The van der Waals surface area contributed by atoms with Crippen LogP contribution in [0.4, 0.5) is 14.5 Å². The van der Waals surface area contributed by atoms with Gasteiger partial charge in [0, 0.05) is 12.1 Å². The maximum absolute atomic E-state index is 12.4. The zero-order valence-corrected chi connectivity index (χ0v) is 9.75. The number of nitrogens with zero attached hydrogens (tertiary/aromatic N) is 2. The number of benzene rings is 1. The van der Waals surface area contributed by atoms with Crippen molar-refractivity contribution in [3.8, 4) is 0 Å². The number of rotatable bonds is 4. The van der Waals surface area contributed by atoms with Crippen LogP contribution >= 0.6 is 0 Å². The van der Waals surface area contributed by atoms with Crippen molar-refractivity contribution in [1.29, 1.82) is 0 Å². The minimum Gasteiger partial charge on any atom is -0.316 e. The third-order valence-corrected chi connectivity index (χ3v) is 2.81. The van der Waals surface area contributed by atoms with Gasteiger partial charge in [0.15, 0.2) is 0 Å². The van der Waals surface area contributed by atoms with E-state index in [9.17, 15) is 23.7 Å². The average Bonchev–Trinajstić information content (AvgIpc) is 2.71. The number of carbonyl (C=O) groups is 1. The molecule has 0 bridgehead atoms. The first kappa shape index (κ1) is 13.3. The topological polar surface area (TPSA) is 75.5 Å². The summed E-state index contributed by atoms with van der Waals surface area (Å²) in [6.07, 6.45) is -3.40. The third-order valence-electron chi connectivity index (χ3n) is 2.81. The molecule has 1 aromatic rings. The number of nitro benzene ring substituents is 1. The molecular weight excluding hydrogens is 260 g/mol. The molecule has 1 saturated heterocycles. The average molecular weight is 271 g/mol. The Labute approximate surface area is 107 Å². The molecule has 6 nitrogen and oxygen atoms in total. The number of hydrogen-bond acceptors (Lipinski definition) is 4. The van der Waals surface area contributed by atoms with Gasteiger partial charge in [-0.25, -0.2) is 8.78 Å². The number of nitrogens with one attached hydrogen (secondary N) is 1. The van der Waals surface area contributed by atoms with Crippen molar-refractivity contribution in [2.75, 3.05) is 13.1 Å². The zero-order valence-electron chi connectivity index (χ0n) is 9.75. The molecule has 8 heteroatoms. The molecule has 1 N–H and O–H groups in total. The maximum Gasteiger partial charge on any atom is 0.269 e. The minimum absolute atomic E-state index is 0.0555. The largest absolute Gasteiger partial charge is 0.316 e. The van der Waals surface area contributed by atoms with Gasteiger partial charge in [0.25, 0.3) is 12.1 Å². The fourth-order valence-electron chi connectivity index (χ4n) is 2.00. The molecule has 1 heterocycles. The summed E-state index contributed by atoms with van der Waals surface area (Å²) in [6.45, 7) is -0.751. The Kier molecular flexibility index (Phi) is 3.70. The van der Waals surface area contributed by atoms with E-state index in [0.29, 0.717) is 5.56 Å².